The van der Waals surface area contributed by atoms with E-state index in [4.69, 9.17) is 5.73 Å². The molecule has 0 spiro atoms. The molecule has 2 aromatic carbocycles. The van der Waals surface area contributed by atoms with Crippen LogP contribution in [-0.4, -0.2) is 11.4 Å². The Hall–Kier alpha value is -1.64. The molecule has 21 heavy (non-hydrogen) atoms. The van der Waals surface area contributed by atoms with Crippen molar-refractivity contribution in [3.05, 3.63) is 70.8 Å². The number of benzene rings is 2. The normalized spacial score (nSPS) is 19.5. The van der Waals surface area contributed by atoms with Crippen LogP contribution in [0.25, 0.3) is 0 Å². The third kappa shape index (κ3) is 2.50. The van der Waals surface area contributed by atoms with E-state index in [9.17, 15) is 0 Å². The van der Waals surface area contributed by atoms with E-state index in [1.54, 1.807) is 0 Å². The van der Waals surface area contributed by atoms with Crippen LogP contribution in [0.4, 0.5) is 0 Å². The van der Waals surface area contributed by atoms with Gasteiger partial charge in [-0.2, -0.15) is 0 Å². The van der Waals surface area contributed by atoms with Crippen molar-refractivity contribution in [1.29, 1.82) is 0 Å². The van der Waals surface area contributed by atoms with Crippen molar-refractivity contribution in [2.45, 2.75) is 37.9 Å². The second kappa shape index (κ2) is 5.28. The van der Waals surface area contributed by atoms with Crippen LogP contribution >= 0.6 is 0 Å². The van der Waals surface area contributed by atoms with E-state index >= 15 is 0 Å². The molecule has 2 nitrogen and oxygen atoms in total. The van der Waals surface area contributed by atoms with Gasteiger partial charge in [0, 0.05) is 25.7 Å². The molecular formula is C19H22N2. The van der Waals surface area contributed by atoms with E-state index in [-0.39, 0.29) is 0 Å². The average molecular weight is 278 g/mol. The number of nitrogens with zero attached hydrogens (tertiary/aromatic N) is 1. The van der Waals surface area contributed by atoms with Crippen molar-refractivity contribution in [1.82, 2.24) is 4.90 Å². The zero-order chi connectivity index (χ0) is 14.2. The Bertz CT molecular complexity index is 603. The van der Waals surface area contributed by atoms with Crippen LogP contribution in [0.5, 0.6) is 0 Å². The van der Waals surface area contributed by atoms with Crippen molar-refractivity contribution in [3.8, 4) is 0 Å². The van der Waals surface area contributed by atoms with E-state index in [1.165, 1.54) is 35.1 Å². The highest BCUT2D eigenvalue weighted by Crippen LogP contribution is 2.40. The van der Waals surface area contributed by atoms with Gasteiger partial charge in [0.1, 0.15) is 0 Å². The molecule has 1 heterocycles. The van der Waals surface area contributed by atoms with E-state index in [0.717, 1.165) is 19.0 Å². The molecule has 1 saturated carbocycles. The van der Waals surface area contributed by atoms with Crippen molar-refractivity contribution in [3.63, 3.8) is 0 Å². The fourth-order valence-electron chi connectivity index (χ4n) is 3.48. The molecule has 1 fully saturated rings. The average Bonchev–Trinajstić information content (AvgIpc) is 3.28. The fourth-order valence-corrected chi connectivity index (χ4v) is 3.48. The minimum atomic E-state index is 0.325. The van der Waals surface area contributed by atoms with Crippen LogP contribution in [0.15, 0.2) is 48.5 Å². The van der Waals surface area contributed by atoms with Crippen LogP contribution in [-0.2, 0) is 13.1 Å². The topological polar surface area (TPSA) is 29.3 Å². The maximum Gasteiger partial charge on any atom is 0.0477 e. The number of rotatable bonds is 4. The monoisotopic (exact) mass is 278 g/mol. The van der Waals surface area contributed by atoms with Crippen molar-refractivity contribution in [2.24, 2.45) is 5.73 Å². The van der Waals surface area contributed by atoms with Crippen LogP contribution in [0.2, 0.25) is 0 Å². The molecule has 4 rings (SSSR count). The van der Waals surface area contributed by atoms with Crippen molar-refractivity contribution >= 4 is 0 Å². The predicted molar refractivity (Wildman–Crippen MR) is 85.9 cm³/mol. The first kappa shape index (κ1) is 13.1. The van der Waals surface area contributed by atoms with Crippen LogP contribution in [0.1, 0.15) is 47.1 Å². The maximum atomic E-state index is 6.09. The Labute approximate surface area is 126 Å². The molecule has 0 amide bonds. The molecule has 0 aromatic heterocycles. The van der Waals surface area contributed by atoms with E-state index in [2.05, 4.69) is 53.4 Å². The largest absolute Gasteiger partial charge is 0.329 e. The third-order valence-corrected chi connectivity index (χ3v) is 4.90. The summed E-state index contributed by atoms with van der Waals surface area (Å²) in [6.07, 6.45) is 2.72. The van der Waals surface area contributed by atoms with Crippen LogP contribution < -0.4 is 5.73 Å². The molecular weight excluding hydrogens is 256 g/mol. The Morgan fingerprint density at radius 3 is 2.10 bits per heavy atom. The summed E-state index contributed by atoms with van der Waals surface area (Å²) in [5.74, 6) is 0.825. The second-order valence-corrected chi connectivity index (χ2v) is 6.37. The molecule has 2 aliphatic rings. The lowest BCUT2D eigenvalue weighted by Crippen LogP contribution is -2.29. The van der Waals surface area contributed by atoms with Gasteiger partial charge in [-0.1, -0.05) is 48.5 Å². The van der Waals surface area contributed by atoms with Gasteiger partial charge in [-0.25, -0.2) is 0 Å². The van der Waals surface area contributed by atoms with Gasteiger partial charge in [-0.3, -0.25) is 4.90 Å². The van der Waals surface area contributed by atoms with Gasteiger partial charge in [0.25, 0.3) is 0 Å². The van der Waals surface area contributed by atoms with Gasteiger partial charge in [0.05, 0.1) is 0 Å². The summed E-state index contributed by atoms with van der Waals surface area (Å²) in [4.78, 5) is 2.50. The van der Waals surface area contributed by atoms with Gasteiger partial charge in [-0.05, 0) is 41.0 Å². The lowest BCUT2D eigenvalue weighted by Gasteiger charge is -2.27. The smallest absolute Gasteiger partial charge is 0.0477 e. The van der Waals surface area contributed by atoms with E-state index < -0.39 is 0 Å². The number of nitrogens with two attached hydrogens (primary N) is 1. The molecule has 2 aromatic rings. The molecule has 1 aliphatic carbocycles. The van der Waals surface area contributed by atoms with Crippen molar-refractivity contribution in [2.75, 3.05) is 6.54 Å². The highest BCUT2D eigenvalue weighted by atomic mass is 15.2. The third-order valence-electron chi connectivity index (χ3n) is 4.90. The molecule has 0 bridgehead atoms. The number of hydrogen-bond donors (Lipinski definition) is 1. The Kier molecular flexibility index (Phi) is 3.28. The van der Waals surface area contributed by atoms with Crippen molar-refractivity contribution < 1.29 is 0 Å². The summed E-state index contributed by atoms with van der Waals surface area (Å²) in [7, 11) is 0. The van der Waals surface area contributed by atoms with E-state index in [0.29, 0.717) is 12.6 Å². The summed E-state index contributed by atoms with van der Waals surface area (Å²) in [5, 5.41) is 0. The molecule has 1 aliphatic heterocycles. The standard InChI is InChI=1S/C19H22N2/c20-11-19(16-9-7-15(8-10-16)14-5-6-14)21-12-17-3-1-2-4-18(17)13-21/h1-4,7-10,14,19H,5-6,11-13,20H2. The Balaban J connectivity index is 1.55. The number of fused-ring (bicyclic) bond motifs is 1. The minimum absolute atomic E-state index is 0.325. The molecule has 1 atom stereocenters. The molecule has 0 radical (unpaired) electrons. The summed E-state index contributed by atoms with van der Waals surface area (Å²) < 4.78 is 0. The predicted octanol–water partition coefficient (Wildman–Crippen LogP) is 3.58. The Morgan fingerprint density at radius 1 is 0.952 bits per heavy atom. The fraction of sp³-hybridized carbons (Fsp3) is 0.368. The summed E-state index contributed by atoms with van der Waals surface area (Å²) >= 11 is 0. The first-order valence-electron chi connectivity index (χ1n) is 7.96. The van der Waals surface area contributed by atoms with Gasteiger partial charge in [-0.15, -0.1) is 0 Å². The molecule has 0 saturated heterocycles. The highest BCUT2D eigenvalue weighted by molar-refractivity contribution is 5.33. The van der Waals surface area contributed by atoms with Gasteiger partial charge in [0.2, 0.25) is 0 Å². The second-order valence-electron chi connectivity index (χ2n) is 6.37. The molecule has 108 valence electrons. The lowest BCUT2D eigenvalue weighted by atomic mass is 10.0. The summed E-state index contributed by atoms with van der Waals surface area (Å²) in [5.41, 5.74) is 11.8. The quantitative estimate of drug-likeness (QED) is 0.926. The molecule has 2 N–H and O–H groups in total. The molecule has 1 unspecified atom stereocenters. The zero-order valence-corrected chi connectivity index (χ0v) is 12.3. The zero-order valence-electron chi connectivity index (χ0n) is 12.3. The maximum absolute atomic E-state index is 6.09. The first-order chi connectivity index (χ1) is 10.3. The van der Waals surface area contributed by atoms with Gasteiger partial charge in [0.15, 0.2) is 0 Å². The van der Waals surface area contributed by atoms with Crippen LogP contribution in [0.3, 0.4) is 0 Å². The highest BCUT2D eigenvalue weighted by Gasteiger charge is 2.27. The molecule has 2 heteroatoms. The van der Waals surface area contributed by atoms with E-state index in [1.807, 2.05) is 0 Å². The van der Waals surface area contributed by atoms with Crippen LogP contribution in [0, 0.1) is 0 Å². The number of hydrogen-bond acceptors (Lipinski definition) is 2. The van der Waals surface area contributed by atoms with Gasteiger partial charge < -0.3 is 5.73 Å². The lowest BCUT2D eigenvalue weighted by molar-refractivity contribution is 0.205. The first-order valence-corrected chi connectivity index (χ1v) is 7.96. The minimum Gasteiger partial charge on any atom is -0.329 e. The summed E-state index contributed by atoms with van der Waals surface area (Å²) in [6, 6.07) is 18.2. The summed E-state index contributed by atoms with van der Waals surface area (Å²) in [6.45, 7) is 2.71. The Morgan fingerprint density at radius 2 is 1.57 bits per heavy atom. The van der Waals surface area contributed by atoms with Gasteiger partial charge >= 0.3 is 0 Å². The SMILES string of the molecule is NCC(c1ccc(C2CC2)cc1)N1Cc2ccccc2C1.